The van der Waals surface area contributed by atoms with Crippen LogP contribution in [-0.2, 0) is 11.2 Å². The number of thiazole rings is 1. The molecular weight excluding hydrogens is 330 g/mol. The highest BCUT2D eigenvalue weighted by Crippen LogP contribution is 2.28. The topological polar surface area (TPSA) is 46.1 Å². The summed E-state index contributed by atoms with van der Waals surface area (Å²) >= 11 is 1.56. The van der Waals surface area contributed by atoms with Crippen molar-refractivity contribution >= 4 is 17.2 Å². The highest BCUT2D eigenvalue weighted by atomic mass is 32.1. The fourth-order valence-electron chi connectivity index (χ4n) is 3.26. The molecule has 4 nitrogen and oxygen atoms in total. The average molecular weight is 349 g/mol. The van der Waals surface area contributed by atoms with Crippen molar-refractivity contribution in [3.63, 3.8) is 0 Å². The third-order valence-corrected chi connectivity index (χ3v) is 5.54. The van der Waals surface area contributed by atoms with Crippen LogP contribution in [0.1, 0.15) is 23.6 Å². The summed E-state index contributed by atoms with van der Waals surface area (Å²) in [6.07, 6.45) is 4.96. The minimum absolute atomic E-state index is 0.168. The lowest BCUT2D eigenvalue weighted by Gasteiger charge is -2.16. The molecule has 1 aliphatic heterocycles. The maximum atomic E-state index is 12.6. The van der Waals surface area contributed by atoms with E-state index < -0.39 is 0 Å². The van der Waals surface area contributed by atoms with Crippen molar-refractivity contribution in [2.75, 3.05) is 13.1 Å². The van der Waals surface area contributed by atoms with Gasteiger partial charge in [0.25, 0.3) is 0 Å². The molecule has 0 saturated carbocycles. The Morgan fingerprint density at radius 3 is 2.88 bits per heavy atom. The zero-order valence-electron chi connectivity index (χ0n) is 13.8. The molecular formula is C20H19N3OS. The van der Waals surface area contributed by atoms with E-state index in [1.165, 1.54) is 5.56 Å². The third kappa shape index (κ3) is 3.61. The Morgan fingerprint density at radius 1 is 1.20 bits per heavy atom. The van der Waals surface area contributed by atoms with Crippen LogP contribution in [-0.4, -0.2) is 33.9 Å². The highest BCUT2D eigenvalue weighted by molar-refractivity contribution is 7.13. The molecule has 1 aromatic carbocycles. The summed E-state index contributed by atoms with van der Waals surface area (Å²) in [5, 5.41) is 2.89. The van der Waals surface area contributed by atoms with Gasteiger partial charge in [-0.1, -0.05) is 30.3 Å². The van der Waals surface area contributed by atoms with Gasteiger partial charge in [0.15, 0.2) is 0 Å². The number of rotatable bonds is 4. The summed E-state index contributed by atoms with van der Waals surface area (Å²) in [6, 6.07) is 14.4. The third-order valence-electron chi connectivity index (χ3n) is 4.60. The second-order valence-corrected chi connectivity index (χ2v) is 7.16. The van der Waals surface area contributed by atoms with Gasteiger partial charge < -0.3 is 4.90 Å². The number of hydrogen-bond acceptors (Lipinski definition) is 4. The first-order valence-electron chi connectivity index (χ1n) is 8.47. The number of amides is 1. The lowest BCUT2D eigenvalue weighted by molar-refractivity contribution is -0.129. The smallest absolute Gasteiger partial charge is 0.228 e. The van der Waals surface area contributed by atoms with Gasteiger partial charge >= 0.3 is 0 Å². The van der Waals surface area contributed by atoms with Crippen LogP contribution in [0.15, 0.2) is 60.2 Å². The predicted molar refractivity (Wildman–Crippen MR) is 99.4 cm³/mol. The predicted octanol–water partition coefficient (Wildman–Crippen LogP) is 3.76. The molecule has 5 heteroatoms. The molecule has 4 rings (SSSR count). The van der Waals surface area contributed by atoms with Crippen LogP contribution in [0.2, 0.25) is 0 Å². The molecule has 0 spiro atoms. The lowest BCUT2D eigenvalue weighted by atomic mass is 9.99. The molecule has 25 heavy (non-hydrogen) atoms. The molecule has 2 aromatic heterocycles. The summed E-state index contributed by atoms with van der Waals surface area (Å²) in [5.74, 6) is 0.619. The molecule has 1 saturated heterocycles. The van der Waals surface area contributed by atoms with Crippen LogP contribution in [0.4, 0.5) is 0 Å². The number of benzene rings is 1. The molecule has 1 fully saturated rings. The Balaban J connectivity index is 1.39. The van der Waals surface area contributed by atoms with Crippen molar-refractivity contribution in [1.29, 1.82) is 0 Å². The summed E-state index contributed by atoms with van der Waals surface area (Å²) < 4.78 is 0. The van der Waals surface area contributed by atoms with E-state index in [1.807, 2.05) is 28.5 Å². The SMILES string of the molecule is O=C(Cc1csc(-c2cccnc2)n1)N1CC[C@H](c2ccccc2)C1. The van der Waals surface area contributed by atoms with Gasteiger partial charge in [-0.05, 0) is 24.1 Å². The number of aromatic nitrogens is 2. The van der Waals surface area contributed by atoms with Gasteiger partial charge in [-0.15, -0.1) is 11.3 Å². The average Bonchev–Trinajstić information content (AvgIpc) is 3.33. The Hall–Kier alpha value is -2.53. The van der Waals surface area contributed by atoms with Crippen molar-refractivity contribution in [2.45, 2.75) is 18.8 Å². The van der Waals surface area contributed by atoms with E-state index in [4.69, 9.17) is 0 Å². The Labute approximate surface area is 151 Å². The maximum Gasteiger partial charge on any atom is 0.228 e. The van der Waals surface area contributed by atoms with Crippen LogP contribution >= 0.6 is 11.3 Å². The minimum atomic E-state index is 0.168. The molecule has 1 aliphatic rings. The number of likely N-dealkylation sites (tertiary alicyclic amines) is 1. The molecule has 0 aliphatic carbocycles. The standard InChI is InChI=1S/C20H19N3OS/c24-19(23-10-8-17(13-23)15-5-2-1-3-6-15)11-18-14-25-20(22-18)16-7-4-9-21-12-16/h1-7,9,12,14,17H,8,10-11,13H2/t17-/m0/s1. The van der Waals surface area contributed by atoms with Crippen LogP contribution in [0, 0.1) is 0 Å². The number of nitrogens with zero attached hydrogens (tertiary/aromatic N) is 3. The van der Waals surface area contributed by atoms with Crippen molar-refractivity contribution in [3.8, 4) is 10.6 Å². The van der Waals surface area contributed by atoms with E-state index >= 15 is 0 Å². The maximum absolute atomic E-state index is 12.6. The van der Waals surface area contributed by atoms with Gasteiger partial charge in [0, 0.05) is 42.3 Å². The first-order valence-corrected chi connectivity index (χ1v) is 9.35. The van der Waals surface area contributed by atoms with Gasteiger partial charge in [0.05, 0.1) is 12.1 Å². The number of carbonyl (C=O) groups excluding carboxylic acids is 1. The summed E-state index contributed by atoms with van der Waals surface area (Å²) in [7, 11) is 0. The molecule has 1 atom stereocenters. The first-order chi connectivity index (χ1) is 12.3. The summed E-state index contributed by atoms with van der Waals surface area (Å²) in [5.41, 5.74) is 3.17. The number of carbonyl (C=O) groups is 1. The molecule has 3 heterocycles. The van der Waals surface area contributed by atoms with Gasteiger partial charge in [-0.25, -0.2) is 4.98 Å². The van der Waals surface area contributed by atoms with E-state index in [2.05, 4.69) is 34.2 Å². The molecule has 1 amide bonds. The Morgan fingerprint density at radius 2 is 2.08 bits per heavy atom. The van der Waals surface area contributed by atoms with Crippen LogP contribution in [0.3, 0.4) is 0 Å². The van der Waals surface area contributed by atoms with Crippen molar-refractivity contribution < 1.29 is 4.79 Å². The van der Waals surface area contributed by atoms with E-state index in [-0.39, 0.29) is 5.91 Å². The quantitative estimate of drug-likeness (QED) is 0.720. The van der Waals surface area contributed by atoms with Gasteiger partial charge in [0.1, 0.15) is 5.01 Å². The van der Waals surface area contributed by atoms with Crippen molar-refractivity contribution in [2.24, 2.45) is 0 Å². The highest BCUT2D eigenvalue weighted by Gasteiger charge is 2.27. The van der Waals surface area contributed by atoms with Crippen molar-refractivity contribution in [3.05, 3.63) is 71.5 Å². The van der Waals surface area contributed by atoms with Gasteiger partial charge in [0.2, 0.25) is 5.91 Å². The molecule has 3 aromatic rings. The van der Waals surface area contributed by atoms with E-state index in [0.29, 0.717) is 12.3 Å². The fraction of sp³-hybridized carbons (Fsp3) is 0.250. The first kappa shape index (κ1) is 16.0. The molecule has 0 radical (unpaired) electrons. The number of pyridine rings is 1. The minimum Gasteiger partial charge on any atom is -0.342 e. The molecule has 0 unspecified atom stereocenters. The zero-order chi connectivity index (χ0) is 17.1. The fourth-order valence-corrected chi connectivity index (χ4v) is 4.07. The summed E-state index contributed by atoms with van der Waals surface area (Å²) in [6.45, 7) is 1.64. The Kier molecular flexibility index (Phi) is 4.57. The second-order valence-electron chi connectivity index (χ2n) is 6.30. The van der Waals surface area contributed by atoms with Crippen LogP contribution < -0.4 is 0 Å². The van der Waals surface area contributed by atoms with E-state index in [9.17, 15) is 4.79 Å². The van der Waals surface area contributed by atoms with E-state index in [0.717, 1.165) is 35.8 Å². The summed E-state index contributed by atoms with van der Waals surface area (Å²) in [4.78, 5) is 23.3. The Bertz CT molecular complexity index is 848. The molecule has 0 N–H and O–H groups in total. The van der Waals surface area contributed by atoms with Gasteiger partial charge in [-0.2, -0.15) is 0 Å². The normalized spacial score (nSPS) is 17.0. The lowest BCUT2D eigenvalue weighted by Crippen LogP contribution is -2.30. The van der Waals surface area contributed by atoms with Crippen molar-refractivity contribution in [1.82, 2.24) is 14.9 Å². The van der Waals surface area contributed by atoms with Crippen LogP contribution in [0.5, 0.6) is 0 Å². The number of hydrogen-bond donors (Lipinski definition) is 0. The monoisotopic (exact) mass is 349 g/mol. The second kappa shape index (κ2) is 7.15. The zero-order valence-corrected chi connectivity index (χ0v) is 14.7. The van der Waals surface area contributed by atoms with Gasteiger partial charge in [-0.3, -0.25) is 9.78 Å². The van der Waals surface area contributed by atoms with E-state index in [1.54, 1.807) is 23.7 Å². The molecule has 126 valence electrons. The molecule has 0 bridgehead atoms. The largest absolute Gasteiger partial charge is 0.342 e. The van der Waals surface area contributed by atoms with Crippen LogP contribution in [0.25, 0.3) is 10.6 Å².